The first kappa shape index (κ1) is 38.0. The second-order valence-corrected chi connectivity index (χ2v) is 14.6. The van der Waals surface area contributed by atoms with E-state index in [0.29, 0.717) is 11.1 Å². The fourth-order valence-electron chi connectivity index (χ4n) is 8.07. The van der Waals surface area contributed by atoms with Crippen molar-refractivity contribution in [2.75, 3.05) is 0 Å². The van der Waals surface area contributed by atoms with Crippen molar-refractivity contribution in [3.63, 3.8) is 0 Å². The Labute approximate surface area is 359 Å². The summed E-state index contributed by atoms with van der Waals surface area (Å²) < 4.78 is 8.91. The molecule has 60 heavy (non-hydrogen) atoms. The maximum absolute atomic E-state index is 6.62. The van der Waals surface area contributed by atoms with Crippen LogP contribution in [-0.2, 0) is 0 Å². The van der Waals surface area contributed by atoms with Crippen LogP contribution in [-0.4, -0.2) is 98.0 Å². The van der Waals surface area contributed by atoms with Crippen LogP contribution in [0, 0.1) is 0 Å². The van der Waals surface area contributed by atoms with Gasteiger partial charge in [-0.1, -0.05) is 82.5 Å². The third kappa shape index (κ3) is 5.73. The Kier molecular flexibility index (Phi) is 9.02. The van der Waals surface area contributed by atoms with Crippen molar-refractivity contribution in [1.29, 1.82) is 0 Å². The third-order valence-corrected chi connectivity index (χ3v) is 11.2. The normalized spacial score (nSPS) is 11.7. The number of hydrogen-bond acceptors (Lipinski definition) is 4. The molecule has 15 heteroatoms. The highest BCUT2D eigenvalue weighted by Crippen LogP contribution is 2.40. The Bertz CT molecular complexity index is 3310. The molecule has 20 radical (unpaired) electrons. The molecule has 3 heterocycles. The number of furan rings is 1. The van der Waals surface area contributed by atoms with Crippen molar-refractivity contribution in [2.24, 2.45) is 0 Å². The van der Waals surface area contributed by atoms with Crippen molar-refractivity contribution >= 4 is 177 Å². The summed E-state index contributed by atoms with van der Waals surface area (Å²) >= 11 is 0. The monoisotopic (exact) mass is 740 g/mol. The number of para-hydroxylation sites is 3. The van der Waals surface area contributed by atoms with Crippen LogP contribution in [0.2, 0.25) is 0 Å². The van der Waals surface area contributed by atoms with Gasteiger partial charge in [0.25, 0.3) is 0 Å². The Morgan fingerprint density at radius 3 is 1.52 bits per heavy atom. The van der Waals surface area contributed by atoms with Gasteiger partial charge in [0.2, 0.25) is 0 Å². The summed E-state index contributed by atoms with van der Waals surface area (Å²) in [7, 11) is 63.3. The Balaban J connectivity index is 1.16. The number of aromatic nitrogens is 4. The summed E-state index contributed by atoms with van der Waals surface area (Å²) in [6.07, 6.45) is 0. The predicted molar refractivity (Wildman–Crippen MR) is 257 cm³/mol. The molecule has 0 atom stereocenters. The van der Waals surface area contributed by atoms with E-state index in [-0.39, 0.29) is 83.2 Å². The molecule has 0 N–H and O–H groups in total. The number of benzene rings is 7. The fourth-order valence-corrected chi connectivity index (χ4v) is 8.07. The topological polar surface area (TPSA) is 56.7 Å². The van der Waals surface area contributed by atoms with Crippen molar-refractivity contribution in [1.82, 2.24) is 19.5 Å². The van der Waals surface area contributed by atoms with Crippen molar-refractivity contribution < 1.29 is 4.42 Å². The van der Waals surface area contributed by atoms with Crippen LogP contribution in [0.25, 0.3) is 94.7 Å². The standard InChI is InChI=1S/C45H18B10N4O/c46-32-30(33(47)37(51)40(54)36(32)50)44-56-43(57-45(58-44)31-34(48)38(52)41(55)39(53)35(31)49)20-14-16-29-26(18-20)24-11-6-10-22(42(24)60-29)19-13-15-28-25(17-19)23-9-4-5-12-27(23)59(28)21-7-2-1-3-8-21/h1-18H. The molecule has 10 aromatic rings. The van der Waals surface area contributed by atoms with Crippen LogP contribution in [0.1, 0.15) is 0 Å². The highest BCUT2D eigenvalue weighted by Gasteiger charge is 2.22. The van der Waals surface area contributed by atoms with Gasteiger partial charge in [0.1, 0.15) is 89.6 Å². The van der Waals surface area contributed by atoms with Gasteiger partial charge in [-0.25, -0.2) is 15.0 Å². The molecule has 0 aliphatic rings. The molecular weight excluding hydrogens is 721 g/mol. The van der Waals surface area contributed by atoms with Crippen LogP contribution >= 0.6 is 0 Å². The van der Waals surface area contributed by atoms with E-state index in [1.54, 1.807) is 0 Å². The molecule has 254 valence electrons. The molecule has 0 unspecified atom stereocenters. The Morgan fingerprint density at radius 2 is 0.883 bits per heavy atom. The molecular formula is C45H18B10N4O. The van der Waals surface area contributed by atoms with Gasteiger partial charge < -0.3 is 8.98 Å². The SMILES string of the molecule is [B]c1c([B])c([B])c(-c2nc(-c3ccc4oc5c(-c6ccc7c(c6)c6ccccc6n7-c6ccccc6)cccc5c4c3)nc(-c3c([B])c([B])c([B])c([B])c3[B])n2)c([B])c1[B]. The van der Waals surface area contributed by atoms with Gasteiger partial charge in [-0.3, -0.25) is 0 Å². The van der Waals surface area contributed by atoms with Crippen LogP contribution < -0.4 is 54.6 Å². The zero-order valence-electron chi connectivity index (χ0n) is 31.9. The predicted octanol–water partition coefficient (Wildman–Crippen LogP) is -0.526. The molecule has 0 spiro atoms. The molecule has 5 nitrogen and oxygen atoms in total. The number of nitrogens with zero attached hydrogens (tertiary/aromatic N) is 4. The minimum absolute atomic E-state index is 0.0135. The molecule has 0 amide bonds. The molecule has 0 aliphatic heterocycles. The lowest BCUT2D eigenvalue weighted by Crippen LogP contribution is -2.55. The molecule has 10 rings (SSSR count). The number of hydrogen-bond donors (Lipinski definition) is 0. The fraction of sp³-hybridized carbons (Fsp3) is 0. The maximum Gasteiger partial charge on any atom is 0.164 e. The molecule has 0 saturated carbocycles. The summed E-state index contributed by atoms with van der Waals surface area (Å²) in [6.45, 7) is 0. The molecule has 7 aromatic carbocycles. The molecule has 3 aromatic heterocycles. The van der Waals surface area contributed by atoms with E-state index in [1.165, 1.54) is 0 Å². The van der Waals surface area contributed by atoms with Gasteiger partial charge in [0.15, 0.2) is 17.5 Å². The molecule has 0 fully saturated rings. The smallest absolute Gasteiger partial charge is 0.164 e. The Hall–Kier alpha value is -6.20. The minimum atomic E-state index is 0.0135. The van der Waals surface area contributed by atoms with Crippen molar-refractivity contribution in [2.45, 2.75) is 0 Å². The summed E-state index contributed by atoms with van der Waals surface area (Å²) in [5.41, 5.74) is 7.69. The quantitative estimate of drug-likeness (QED) is 0.223. The molecule has 0 aliphatic carbocycles. The van der Waals surface area contributed by atoms with Gasteiger partial charge in [-0.15, -0.1) is 32.8 Å². The van der Waals surface area contributed by atoms with E-state index >= 15 is 0 Å². The van der Waals surface area contributed by atoms with E-state index in [0.717, 1.165) is 55.0 Å². The highest BCUT2D eigenvalue weighted by molar-refractivity contribution is 6.70. The van der Waals surface area contributed by atoms with E-state index in [9.17, 15) is 0 Å². The highest BCUT2D eigenvalue weighted by atomic mass is 16.3. The summed E-state index contributed by atoms with van der Waals surface area (Å²) in [6, 6.07) is 37.0. The first-order chi connectivity index (χ1) is 28.9. The maximum atomic E-state index is 6.62. The lowest BCUT2D eigenvalue weighted by Gasteiger charge is -2.22. The van der Waals surface area contributed by atoms with Crippen LogP contribution in [0.15, 0.2) is 114 Å². The lowest BCUT2D eigenvalue weighted by molar-refractivity contribution is 0.670. The van der Waals surface area contributed by atoms with Crippen LogP contribution in [0.5, 0.6) is 0 Å². The third-order valence-electron chi connectivity index (χ3n) is 11.2. The average molecular weight is 739 g/mol. The van der Waals surface area contributed by atoms with Gasteiger partial charge in [0.05, 0.1) is 11.0 Å². The number of fused-ring (bicyclic) bond motifs is 6. The van der Waals surface area contributed by atoms with Crippen molar-refractivity contribution in [3.05, 3.63) is 109 Å². The van der Waals surface area contributed by atoms with E-state index in [2.05, 4.69) is 65.2 Å². The van der Waals surface area contributed by atoms with E-state index in [4.69, 9.17) is 97.8 Å². The zero-order chi connectivity index (χ0) is 41.7. The van der Waals surface area contributed by atoms with Crippen molar-refractivity contribution in [3.8, 4) is 51.0 Å². The van der Waals surface area contributed by atoms with Gasteiger partial charge >= 0.3 is 0 Å². The first-order valence-electron chi connectivity index (χ1n) is 18.8. The Morgan fingerprint density at radius 1 is 0.383 bits per heavy atom. The molecule has 0 bridgehead atoms. The van der Waals surface area contributed by atoms with Gasteiger partial charge in [0, 0.05) is 49.5 Å². The van der Waals surface area contributed by atoms with Gasteiger partial charge in [-0.05, 0) is 54.1 Å². The summed E-state index contributed by atoms with van der Waals surface area (Å²) in [5.74, 6) is 0.224. The minimum Gasteiger partial charge on any atom is -0.455 e. The largest absolute Gasteiger partial charge is 0.455 e. The molecule has 0 saturated heterocycles. The summed E-state index contributed by atoms with van der Waals surface area (Å²) in [5, 5.41) is 3.97. The zero-order valence-corrected chi connectivity index (χ0v) is 31.9. The van der Waals surface area contributed by atoms with Crippen LogP contribution in [0.4, 0.5) is 0 Å². The number of rotatable bonds is 5. The second kappa shape index (κ2) is 14.2. The van der Waals surface area contributed by atoms with Gasteiger partial charge in [-0.2, -0.15) is 0 Å². The lowest BCUT2D eigenvalue weighted by atomic mass is 9.60. The first-order valence-corrected chi connectivity index (χ1v) is 18.8. The second-order valence-electron chi connectivity index (χ2n) is 14.6. The average Bonchev–Trinajstić information content (AvgIpc) is 3.82. The van der Waals surface area contributed by atoms with E-state index < -0.39 is 0 Å². The van der Waals surface area contributed by atoms with E-state index in [1.807, 2.05) is 48.5 Å². The summed E-state index contributed by atoms with van der Waals surface area (Å²) in [4.78, 5) is 14.4. The van der Waals surface area contributed by atoms with Crippen LogP contribution in [0.3, 0.4) is 0 Å².